The second-order valence-corrected chi connectivity index (χ2v) is 5.01. The second kappa shape index (κ2) is 5.69. The molecule has 1 saturated heterocycles. The number of piperidine rings is 1. The van der Waals surface area contributed by atoms with Gasteiger partial charge in [-0.25, -0.2) is 13.2 Å². The van der Waals surface area contributed by atoms with Gasteiger partial charge in [-0.2, -0.15) is 0 Å². The second-order valence-electron chi connectivity index (χ2n) is 5.01. The summed E-state index contributed by atoms with van der Waals surface area (Å²) in [5, 5.41) is 0. The molecule has 0 spiro atoms. The first-order valence-corrected chi connectivity index (χ1v) is 6.48. The molecule has 108 valence electrons. The monoisotopic (exact) mass is 283 g/mol. The molecule has 0 bridgehead atoms. The van der Waals surface area contributed by atoms with Crippen LogP contribution in [0.4, 0.5) is 13.2 Å². The molecule has 5 heteroatoms. The van der Waals surface area contributed by atoms with E-state index in [9.17, 15) is 18.0 Å². The van der Waals surface area contributed by atoms with E-state index in [1.165, 1.54) is 12.1 Å². The Morgan fingerprint density at radius 2 is 2.20 bits per heavy atom. The van der Waals surface area contributed by atoms with Gasteiger partial charge in [0.05, 0.1) is 13.0 Å². The Hall–Kier alpha value is -1.78. The highest BCUT2D eigenvalue weighted by Gasteiger charge is 2.36. The highest BCUT2D eigenvalue weighted by atomic mass is 19.3. The maximum absolute atomic E-state index is 13.6. The molecule has 1 amide bonds. The van der Waals surface area contributed by atoms with Crippen LogP contribution < -0.4 is 0 Å². The number of alkyl halides is 2. The summed E-state index contributed by atoms with van der Waals surface area (Å²) in [6, 6.07) is 4.32. The van der Waals surface area contributed by atoms with Crippen molar-refractivity contribution in [1.82, 2.24) is 4.90 Å². The average molecular weight is 283 g/mol. The topological polar surface area (TPSA) is 20.3 Å². The third kappa shape index (κ3) is 3.40. The fraction of sp³-hybridized carbons (Fsp3) is 0.400. The van der Waals surface area contributed by atoms with Crippen molar-refractivity contribution in [2.24, 2.45) is 0 Å². The molecule has 1 aliphatic heterocycles. The summed E-state index contributed by atoms with van der Waals surface area (Å²) in [4.78, 5) is 13.1. The first-order valence-electron chi connectivity index (χ1n) is 6.48. The maximum Gasteiger partial charge on any atom is 0.265 e. The Bertz CT molecular complexity index is 528. The minimum atomic E-state index is -2.84. The first kappa shape index (κ1) is 14.6. The zero-order chi connectivity index (χ0) is 14.8. The molecule has 0 aromatic heterocycles. The predicted molar refractivity (Wildman–Crippen MR) is 71.0 cm³/mol. The summed E-state index contributed by atoms with van der Waals surface area (Å²) >= 11 is 0. The van der Waals surface area contributed by atoms with Crippen LogP contribution in [0.15, 0.2) is 24.8 Å². The summed E-state index contributed by atoms with van der Waals surface area (Å²) in [7, 11) is 0. The minimum Gasteiger partial charge on any atom is -0.336 e. The van der Waals surface area contributed by atoms with E-state index in [1.807, 2.05) is 0 Å². The van der Waals surface area contributed by atoms with Crippen LogP contribution >= 0.6 is 0 Å². The van der Waals surface area contributed by atoms with Gasteiger partial charge in [-0.3, -0.25) is 4.79 Å². The van der Waals surface area contributed by atoms with Gasteiger partial charge in [-0.15, -0.1) is 0 Å². The maximum atomic E-state index is 13.6. The van der Waals surface area contributed by atoms with Gasteiger partial charge >= 0.3 is 0 Å². The van der Waals surface area contributed by atoms with Crippen molar-refractivity contribution < 1.29 is 18.0 Å². The Morgan fingerprint density at radius 1 is 1.45 bits per heavy atom. The first-order chi connectivity index (χ1) is 9.41. The van der Waals surface area contributed by atoms with Crippen molar-refractivity contribution in [2.45, 2.75) is 25.2 Å². The largest absolute Gasteiger partial charge is 0.336 e. The number of carbonyl (C=O) groups excluding carboxylic acids is 1. The van der Waals surface area contributed by atoms with Crippen molar-refractivity contribution in [3.05, 3.63) is 41.7 Å². The van der Waals surface area contributed by atoms with E-state index in [0.717, 1.165) is 4.90 Å². The van der Waals surface area contributed by atoms with Crippen LogP contribution in [0.1, 0.15) is 24.0 Å². The summed E-state index contributed by atoms with van der Waals surface area (Å²) in [5.74, 6) is -3.81. The van der Waals surface area contributed by atoms with Gasteiger partial charge in [0, 0.05) is 13.0 Å². The molecule has 0 aliphatic carbocycles. The van der Waals surface area contributed by atoms with Crippen LogP contribution in [0.5, 0.6) is 0 Å². The van der Waals surface area contributed by atoms with E-state index in [0.29, 0.717) is 12.1 Å². The standard InChI is InChI=1S/C15H16F3NO/c1-2-11-4-5-13(16)12(8-11)9-14(20)19-7-3-6-15(17,18)10-19/h2,4-5,8H,1,3,6-7,9-10H2. The smallest absolute Gasteiger partial charge is 0.265 e. The van der Waals surface area contributed by atoms with Crippen LogP contribution in [0.3, 0.4) is 0 Å². The highest BCUT2D eigenvalue weighted by molar-refractivity contribution is 5.79. The van der Waals surface area contributed by atoms with E-state index in [2.05, 4.69) is 6.58 Å². The number of amides is 1. The SMILES string of the molecule is C=Cc1ccc(F)c(CC(=O)N2CCCC(F)(F)C2)c1. The summed E-state index contributed by atoms with van der Waals surface area (Å²) < 4.78 is 40.2. The van der Waals surface area contributed by atoms with Gasteiger partial charge in [-0.1, -0.05) is 18.7 Å². The molecule has 20 heavy (non-hydrogen) atoms. The Kier molecular flexibility index (Phi) is 4.16. The number of nitrogens with zero attached hydrogens (tertiary/aromatic N) is 1. The third-order valence-corrected chi connectivity index (χ3v) is 3.39. The molecular formula is C15H16F3NO. The molecule has 1 aromatic carbocycles. The van der Waals surface area contributed by atoms with E-state index in [1.54, 1.807) is 12.1 Å². The van der Waals surface area contributed by atoms with Gasteiger partial charge in [0.25, 0.3) is 5.92 Å². The quantitative estimate of drug-likeness (QED) is 0.833. The summed E-state index contributed by atoms with van der Waals surface area (Å²) in [6.45, 7) is 3.30. The number of carbonyl (C=O) groups is 1. The van der Waals surface area contributed by atoms with E-state index in [4.69, 9.17) is 0 Å². The lowest BCUT2D eigenvalue weighted by molar-refractivity contribution is -0.140. The molecule has 0 unspecified atom stereocenters. The van der Waals surface area contributed by atoms with E-state index >= 15 is 0 Å². The molecule has 2 nitrogen and oxygen atoms in total. The third-order valence-electron chi connectivity index (χ3n) is 3.39. The van der Waals surface area contributed by atoms with Crippen molar-refractivity contribution >= 4 is 12.0 Å². The molecule has 0 radical (unpaired) electrons. The van der Waals surface area contributed by atoms with Crippen LogP contribution in [0, 0.1) is 5.82 Å². The molecule has 1 heterocycles. The number of hydrogen-bond donors (Lipinski definition) is 0. The van der Waals surface area contributed by atoms with Crippen LogP contribution in [0.25, 0.3) is 6.08 Å². The number of rotatable bonds is 3. The average Bonchev–Trinajstić information content (AvgIpc) is 2.40. The fourth-order valence-corrected chi connectivity index (χ4v) is 2.31. The van der Waals surface area contributed by atoms with Crippen molar-refractivity contribution in [3.8, 4) is 0 Å². The van der Waals surface area contributed by atoms with Gasteiger partial charge in [0.15, 0.2) is 0 Å². The normalized spacial score (nSPS) is 17.9. The van der Waals surface area contributed by atoms with E-state index in [-0.39, 0.29) is 24.8 Å². The molecule has 1 aliphatic rings. The van der Waals surface area contributed by atoms with Gasteiger partial charge in [0.2, 0.25) is 5.91 Å². The number of likely N-dealkylation sites (tertiary alicyclic amines) is 1. The minimum absolute atomic E-state index is 0.197. The van der Waals surface area contributed by atoms with Crippen molar-refractivity contribution in [2.75, 3.05) is 13.1 Å². The number of benzene rings is 1. The zero-order valence-electron chi connectivity index (χ0n) is 11.0. The lowest BCUT2D eigenvalue weighted by Gasteiger charge is -2.32. The van der Waals surface area contributed by atoms with Crippen LogP contribution in [-0.4, -0.2) is 29.8 Å². The molecule has 0 atom stereocenters. The van der Waals surface area contributed by atoms with Gasteiger partial charge in [-0.05, 0) is 29.7 Å². The molecule has 1 fully saturated rings. The van der Waals surface area contributed by atoms with E-state index < -0.39 is 24.2 Å². The Balaban J connectivity index is 2.09. The van der Waals surface area contributed by atoms with Gasteiger partial charge < -0.3 is 4.90 Å². The predicted octanol–water partition coefficient (Wildman–Crippen LogP) is 3.27. The molecule has 0 N–H and O–H groups in total. The fourth-order valence-electron chi connectivity index (χ4n) is 2.31. The van der Waals surface area contributed by atoms with Crippen LogP contribution in [0.2, 0.25) is 0 Å². The Morgan fingerprint density at radius 3 is 2.85 bits per heavy atom. The number of hydrogen-bond acceptors (Lipinski definition) is 1. The van der Waals surface area contributed by atoms with Crippen molar-refractivity contribution in [3.63, 3.8) is 0 Å². The summed E-state index contributed by atoms with van der Waals surface area (Å²) in [6.07, 6.45) is 1.41. The summed E-state index contributed by atoms with van der Waals surface area (Å²) in [5.41, 5.74) is 0.902. The number of halogens is 3. The lowest BCUT2D eigenvalue weighted by atomic mass is 10.0. The lowest BCUT2D eigenvalue weighted by Crippen LogP contribution is -2.46. The van der Waals surface area contributed by atoms with Crippen molar-refractivity contribution in [1.29, 1.82) is 0 Å². The molecular weight excluding hydrogens is 267 g/mol. The molecule has 1 aromatic rings. The Labute approximate surface area is 115 Å². The molecule has 2 rings (SSSR count). The zero-order valence-corrected chi connectivity index (χ0v) is 11.0. The molecule has 0 saturated carbocycles. The highest BCUT2D eigenvalue weighted by Crippen LogP contribution is 2.27. The van der Waals surface area contributed by atoms with Crippen LogP contribution in [-0.2, 0) is 11.2 Å². The van der Waals surface area contributed by atoms with Gasteiger partial charge in [0.1, 0.15) is 5.82 Å².